The molecule has 2 aromatic heterocycles. The maximum absolute atomic E-state index is 12.8. The Balaban J connectivity index is 1.83. The van der Waals surface area contributed by atoms with Gasteiger partial charge in [-0.05, 0) is 24.1 Å². The number of hydrogen-bond acceptors (Lipinski definition) is 6. The van der Waals surface area contributed by atoms with Gasteiger partial charge in [-0.3, -0.25) is 4.79 Å². The Morgan fingerprint density at radius 1 is 1.30 bits per heavy atom. The van der Waals surface area contributed by atoms with Gasteiger partial charge in [0.25, 0.3) is 5.91 Å². The molecule has 0 aliphatic carbocycles. The molecular weight excluding hydrogens is 424 g/mol. The van der Waals surface area contributed by atoms with Crippen LogP contribution in [0.2, 0.25) is 0 Å². The number of carbonyl (C=O) groups excluding carboxylic acids is 1. The van der Waals surface area contributed by atoms with Crippen molar-refractivity contribution < 1.29 is 13.9 Å². The number of carbonyl (C=O) groups is 1. The SMILES string of the molecule is C=C(Cl)CSc1nnc([C@H](Cc2ccccc2)NC(=O)c2ccc(COC)o2)n1C. The molecule has 3 aromatic rings. The number of nitrogens with one attached hydrogen (secondary N) is 1. The smallest absolute Gasteiger partial charge is 0.287 e. The second-order valence-corrected chi connectivity index (χ2v) is 8.10. The Labute approximate surface area is 184 Å². The van der Waals surface area contributed by atoms with Crippen molar-refractivity contribution in [1.29, 1.82) is 0 Å². The molecule has 2 heterocycles. The van der Waals surface area contributed by atoms with E-state index >= 15 is 0 Å². The number of thioether (sulfide) groups is 1. The Bertz CT molecular complexity index is 1000. The maximum Gasteiger partial charge on any atom is 0.287 e. The third kappa shape index (κ3) is 5.75. The Kier molecular flexibility index (Phi) is 7.73. The fraction of sp³-hybridized carbons (Fsp3) is 0.286. The van der Waals surface area contributed by atoms with Gasteiger partial charge >= 0.3 is 0 Å². The van der Waals surface area contributed by atoms with Crippen LogP contribution in [0.15, 0.2) is 63.6 Å². The lowest BCUT2D eigenvalue weighted by Crippen LogP contribution is -2.31. The van der Waals surface area contributed by atoms with Crippen LogP contribution in [0.4, 0.5) is 0 Å². The standard InChI is InChI=1S/C21H23ClN4O3S/c1-14(22)13-30-21-25-24-19(26(21)2)17(11-15-7-5-4-6-8-15)23-20(27)18-10-9-16(29-18)12-28-3/h4-10,17H,1,11-13H2,2-3H3,(H,23,27)/t17-/m0/s1. The number of benzene rings is 1. The van der Waals surface area contributed by atoms with E-state index in [1.807, 2.05) is 41.9 Å². The topological polar surface area (TPSA) is 82.2 Å². The van der Waals surface area contributed by atoms with Gasteiger partial charge in [0.1, 0.15) is 12.4 Å². The van der Waals surface area contributed by atoms with Crippen LogP contribution in [0, 0.1) is 0 Å². The van der Waals surface area contributed by atoms with E-state index in [-0.39, 0.29) is 11.7 Å². The van der Waals surface area contributed by atoms with Gasteiger partial charge in [0, 0.05) is 24.9 Å². The van der Waals surface area contributed by atoms with Crippen molar-refractivity contribution >= 4 is 29.3 Å². The summed E-state index contributed by atoms with van der Waals surface area (Å²) in [5.41, 5.74) is 1.06. The Morgan fingerprint density at radius 2 is 2.07 bits per heavy atom. The maximum atomic E-state index is 12.8. The zero-order valence-corrected chi connectivity index (χ0v) is 18.4. The van der Waals surface area contributed by atoms with E-state index in [1.54, 1.807) is 19.2 Å². The first kappa shape index (κ1) is 22.1. The van der Waals surface area contributed by atoms with E-state index < -0.39 is 6.04 Å². The molecule has 0 bridgehead atoms. The summed E-state index contributed by atoms with van der Waals surface area (Å²) in [6, 6.07) is 12.8. The minimum Gasteiger partial charge on any atom is -0.453 e. The number of aromatic nitrogens is 3. The van der Waals surface area contributed by atoms with Gasteiger partial charge in [-0.25, -0.2) is 0 Å². The fourth-order valence-electron chi connectivity index (χ4n) is 2.90. The third-order valence-corrected chi connectivity index (χ3v) is 5.70. The summed E-state index contributed by atoms with van der Waals surface area (Å²) >= 11 is 7.31. The summed E-state index contributed by atoms with van der Waals surface area (Å²) in [4.78, 5) is 12.8. The van der Waals surface area contributed by atoms with Crippen LogP contribution in [0.3, 0.4) is 0 Å². The number of hydrogen-bond donors (Lipinski definition) is 1. The van der Waals surface area contributed by atoms with Gasteiger partial charge in [0.05, 0.1) is 6.04 Å². The normalized spacial score (nSPS) is 12.0. The highest BCUT2D eigenvalue weighted by Gasteiger charge is 2.24. The quantitative estimate of drug-likeness (QED) is 0.472. The van der Waals surface area contributed by atoms with Gasteiger partial charge in [0.15, 0.2) is 16.7 Å². The molecule has 158 valence electrons. The lowest BCUT2D eigenvalue weighted by atomic mass is 10.1. The number of methoxy groups -OCH3 is 1. The van der Waals surface area contributed by atoms with Crippen molar-refractivity contribution in [3.63, 3.8) is 0 Å². The average molecular weight is 447 g/mol. The van der Waals surface area contributed by atoms with Gasteiger partial charge in [-0.1, -0.05) is 60.3 Å². The molecule has 0 saturated carbocycles. The Hall–Kier alpha value is -2.55. The minimum absolute atomic E-state index is 0.218. The van der Waals surface area contributed by atoms with Crippen LogP contribution in [0.1, 0.15) is 33.7 Å². The van der Waals surface area contributed by atoms with Crippen LogP contribution in [-0.2, 0) is 24.8 Å². The number of amides is 1. The van der Waals surface area contributed by atoms with Gasteiger partial charge in [-0.15, -0.1) is 10.2 Å². The lowest BCUT2D eigenvalue weighted by molar-refractivity contribution is 0.0897. The highest BCUT2D eigenvalue weighted by molar-refractivity contribution is 7.99. The highest BCUT2D eigenvalue weighted by atomic mass is 35.5. The van der Waals surface area contributed by atoms with Crippen molar-refractivity contribution in [3.8, 4) is 0 Å². The molecular formula is C21H23ClN4O3S. The molecule has 1 aromatic carbocycles. The van der Waals surface area contributed by atoms with Crippen molar-refractivity contribution in [1.82, 2.24) is 20.1 Å². The molecule has 3 rings (SSSR count). The first-order valence-corrected chi connectivity index (χ1v) is 10.6. The van der Waals surface area contributed by atoms with Crippen molar-refractivity contribution in [2.75, 3.05) is 12.9 Å². The molecule has 0 unspecified atom stereocenters. The molecule has 1 N–H and O–H groups in total. The van der Waals surface area contributed by atoms with E-state index in [1.165, 1.54) is 11.8 Å². The molecule has 0 spiro atoms. The van der Waals surface area contributed by atoms with Crippen molar-refractivity contribution in [3.05, 3.63) is 77.0 Å². The zero-order valence-electron chi connectivity index (χ0n) is 16.8. The third-order valence-electron chi connectivity index (χ3n) is 4.30. The van der Waals surface area contributed by atoms with E-state index in [0.717, 1.165) is 5.56 Å². The molecule has 0 aliphatic rings. The molecule has 0 aliphatic heterocycles. The summed E-state index contributed by atoms with van der Waals surface area (Å²) in [7, 11) is 3.43. The molecule has 9 heteroatoms. The fourth-order valence-corrected chi connectivity index (χ4v) is 3.74. The number of halogens is 1. The predicted molar refractivity (Wildman–Crippen MR) is 116 cm³/mol. The molecule has 1 amide bonds. The van der Waals surface area contributed by atoms with Crippen LogP contribution < -0.4 is 5.32 Å². The first-order valence-electron chi connectivity index (χ1n) is 9.25. The molecule has 0 saturated heterocycles. The second-order valence-electron chi connectivity index (χ2n) is 6.62. The monoisotopic (exact) mass is 446 g/mol. The second kappa shape index (κ2) is 10.5. The van der Waals surface area contributed by atoms with E-state index in [4.69, 9.17) is 20.8 Å². The van der Waals surface area contributed by atoms with E-state index in [9.17, 15) is 4.79 Å². The van der Waals surface area contributed by atoms with Crippen LogP contribution in [0.5, 0.6) is 0 Å². The summed E-state index contributed by atoms with van der Waals surface area (Å²) in [5, 5.41) is 12.8. The van der Waals surface area contributed by atoms with Gasteiger partial charge in [0.2, 0.25) is 0 Å². The van der Waals surface area contributed by atoms with Gasteiger partial charge < -0.3 is 19.0 Å². The molecule has 0 fully saturated rings. The molecule has 7 nitrogen and oxygen atoms in total. The summed E-state index contributed by atoms with van der Waals surface area (Å²) in [6.45, 7) is 4.00. The van der Waals surface area contributed by atoms with Gasteiger partial charge in [-0.2, -0.15) is 0 Å². The average Bonchev–Trinajstić information content (AvgIpc) is 3.34. The molecule has 30 heavy (non-hydrogen) atoms. The predicted octanol–water partition coefficient (Wildman–Crippen LogP) is 4.11. The van der Waals surface area contributed by atoms with E-state index in [2.05, 4.69) is 22.1 Å². The van der Waals surface area contributed by atoms with E-state index in [0.29, 0.717) is 40.6 Å². The van der Waals surface area contributed by atoms with Crippen molar-refractivity contribution in [2.45, 2.75) is 24.2 Å². The lowest BCUT2D eigenvalue weighted by Gasteiger charge is -2.18. The summed E-state index contributed by atoms with van der Waals surface area (Å²) < 4.78 is 12.5. The minimum atomic E-state index is -0.401. The van der Waals surface area contributed by atoms with Crippen molar-refractivity contribution in [2.24, 2.45) is 7.05 Å². The van der Waals surface area contributed by atoms with Crippen LogP contribution in [0.25, 0.3) is 0 Å². The first-order chi connectivity index (χ1) is 14.5. The number of nitrogens with zero attached hydrogens (tertiary/aromatic N) is 3. The van der Waals surface area contributed by atoms with Crippen LogP contribution >= 0.6 is 23.4 Å². The van der Waals surface area contributed by atoms with Crippen LogP contribution in [-0.4, -0.2) is 33.5 Å². The number of furan rings is 1. The molecule has 0 radical (unpaired) electrons. The zero-order chi connectivity index (χ0) is 21.5. The number of ether oxygens (including phenoxy) is 1. The Morgan fingerprint density at radius 3 is 2.77 bits per heavy atom. The highest BCUT2D eigenvalue weighted by Crippen LogP contribution is 2.24. The number of rotatable bonds is 10. The largest absolute Gasteiger partial charge is 0.453 e. The summed E-state index contributed by atoms with van der Waals surface area (Å²) in [6.07, 6.45) is 0.553. The molecule has 1 atom stereocenters. The summed E-state index contributed by atoms with van der Waals surface area (Å²) in [5.74, 6) is 1.64.